The molecule has 366 valence electrons. The molecule has 4 aliphatic rings. The minimum absolute atomic E-state index is 0.0212. The Morgan fingerprint density at radius 2 is 1.58 bits per heavy atom. The molecule has 0 amide bonds. The second kappa shape index (κ2) is 24.1. The summed E-state index contributed by atoms with van der Waals surface area (Å²) in [6, 6.07) is -0.809. The molecule has 0 aromatic carbocycles. The number of carbonyl (C=O) groups excluding carboxylic acids is 5. The highest BCUT2D eigenvalue weighted by atomic mass is 16.7. The van der Waals surface area contributed by atoms with Crippen LogP contribution in [0.1, 0.15) is 114 Å². The summed E-state index contributed by atoms with van der Waals surface area (Å²) in [5.74, 6) is -3.26. The molecule has 0 aliphatic carbocycles. The maximum Gasteiger partial charge on any atom is 0.309 e. The molecule has 2 N–H and O–H groups in total. The molecule has 0 radical (unpaired) electrons. The largest absolute Gasteiger partial charge is 0.462 e. The fourth-order valence-electron chi connectivity index (χ4n) is 9.04. The topological polar surface area (TPSA) is 225 Å². The first-order chi connectivity index (χ1) is 30.1. The number of hydrogen-bond donors (Lipinski definition) is 2. The van der Waals surface area contributed by atoms with Crippen LogP contribution >= 0.6 is 0 Å². The molecule has 0 bridgehead atoms. The van der Waals surface area contributed by atoms with Crippen LogP contribution in [0.2, 0.25) is 0 Å². The van der Waals surface area contributed by atoms with Gasteiger partial charge in [0.05, 0.1) is 36.9 Å². The number of cyclic esters (lactones) is 1. The second-order valence-corrected chi connectivity index (χ2v) is 18.7. The van der Waals surface area contributed by atoms with E-state index in [0.29, 0.717) is 6.42 Å². The summed E-state index contributed by atoms with van der Waals surface area (Å²) in [7, 11) is 4.86. The van der Waals surface area contributed by atoms with Gasteiger partial charge in [-0.15, -0.1) is 0 Å². The first kappa shape index (κ1) is 53.5. The molecule has 18 unspecified atom stereocenters. The predicted molar refractivity (Wildman–Crippen MR) is 228 cm³/mol. The van der Waals surface area contributed by atoms with Crippen molar-refractivity contribution in [3.05, 3.63) is 12.2 Å². The van der Waals surface area contributed by atoms with Gasteiger partial charge in [0.25, 0.3) is 0 Å². The molecule has 4 heterocycles. The van der Waals surface area contributed by atoms with Crippen molar-refractivity contribution in [2.75, 3.05) is 21.2 Å². The van der Waals surface area contributed by atoms with Gasteiger partial charge in [-0.05, 0) is 72.0 Å². The quantitative estimate of drug-likeness (QED) is 0.0788. The van der Waals surface area contributed by atoms with Crippen molar-refractivity contribution >= 4 is 30.2 Å². The minimum Gasteiger partial charge on any atom is -0.462 e. The number of epoxide rings is 1. The summed E-state index contributed by atoms with van der Waals surface area (Å²) in [5, 5.41) is 23.8. The number of fused-ring (bicyclic) bond motifs is 1. The van der Waals surface area contributed by atoms with Crippen LogP contribution in [0.25, 0.3) is 0 Å². The molecule has 0 aromatic rings. The summed E-state index contributed by atoms with van der Waals surface area (Å²) in [6.07, 6.45) is -8.04. The summed E-state index contributed by atoms with van der Waals surface area (Å²) in [4.78, 5) is 66.2. The van der Waals surface area contributed by atoms with Gasteiger partial charge in [0.15, 0.2) is 18.7 Å². The van der Waals surface area contributed by atoms with Gasteiger partial charge in [0.2, 0.25) is 0 Å². The van der Waals surface area contributed by atoms with Crippen LogP contribution in [0.3, 0.4) is 0 Å². The van der Waals surface area contributed by atoms with E-state index in [9.17, 15) is 34.2 Å². The van der Waals surface area contributed by atoms with E-state index in [1.165, 1.54) is 7.11 Å². The van der Waals surface area contributed by atoms with Gasteiger partial charge in [0.1, 0.15) is 54.6 Å². The van der Waals surface area contributed by atoms with E-state index in [0.717, 1.165) is 6.29 Å². The maximum atomic E-state index is 13.6. The third kappa shape index (κ3) is 14.7. The van der Waals surface area contributed by atoms with Gasteiger partial charge in [-0.25, -0.2) is 0 Å². The van der Waals surface area contributed by atoms with E-state index < -0.39 is 127 Å². The Morgan fingerprint density at radius 1 is 0.906 bits per heavy atom. The zero-order chi connectivity index (χ0) is 47.6. The summed E-state index contributed by atoms with van der Waals surface area (Å²) in [6.45, 7) is 15.7. The Bertz CT molecular complexity index is 1570. The molecule has 3 saturated heterocycles. The molecular formula is C46H75NO17. The first-order valence-electron chi connectivity index (χ1n) is 22.9. The number of methoxy groups -OCH3 is 1. The second-order valence-electron chi connectivity index (χ2n) is 18.7. The number of hydrogen-bond acceptors (Lipinski definition) is 18. The number of aliphatic hydroxyl groups excluding tert-OH is 1. The van der Waals surface area contributed by atoms with Crippen molar-refractivity contribution in [1.29, 1.82) is 0 Å². The zero-order valence-electron chi connectivity index (χ0n) is 39.7. The number of carbonyl (C=O) groups is 5. The molecule has 0 spiro atoms. The number of rotatable bonds is 15. The molecule has 3 fully saturated rings. The Morgan fingerprint density at radius 3 is 2.17 bits per heavy atom. The van der Waals surface area contributed by atoms with Crippen molar-refractivity contribution in [3.8, 4) is 0 Å². The fourth-order valence-corrected chi connectivity index (χ4v) is 9.04. The van der Waals surface area contributed by atoms with Gasteiger partial charge in [-0.1, -0.05) is 40.7 Å². The Balaban J connectivity index is 1.70. The number of aliphatic hydroxyl groups is 2. The van der Waals surface area contributed by atoms with E-state index >= 15 is 0 Å². The van der Waals surface area contributed by atoms with E-state index in [4.69, 9.17) is 47.4 Å². The van der Waals surface area contributed by atoms with Gasteiger partial charge in [-0.2, -0.15) is 0 Å². The van der Waals surface area contributed by atoms with Crippen LogP contribution in [0, 0.1) is 17.8 Å². The van der Waals surface area contributed by atoms with Gasteiger partial charge < -0.3 is 67.3 Å². The number of likely N-dealkylation sites (N-methyl/N-ethyl adjacent to an activating group) is 1. The lowest BCUT2D eigenvalue weighted by atomic mass is 9.82. The Hall–Kier alpha value is -3.07. The van der Waals surface area contributed by atoms with Crippen molar-refractivity contribution in [1.82, 2.24) is 4.90 Å². The minimum atomic E-state index is -1.52. The number of nitrogens with zero attached hydrogens (tertiary/aromatic N) is 1. The third-order valence-corrected chi connectivity index (χ3v) is 12.4. The van der Waals surface area contributed by atoms with Crippen LogP contribution < -0.4 is 0 Å². The van der Waals surface area contributed by atoms with Crippen LogP contribution in [-0.4, -0.2) is 164 Å². The SMILES string of the molecule is CCC(=O)OC1C=CC2OC2CC(C)OC(=O)CC(OC(=O)CC)C(OC)C(OC2OC(C)C(OC3CC(C)(O)C(OC(=O)CC(C)C)C(C)O3)C(N(C)C)C2O)C(CC=O)CC1C. The standard InChI is InChI=1S/C46H75NO17/c1-13-34(49)60-30-15-16-31-32(59-31)21-26(6)56-37(52)22-33(61-35(50)14-2)43(55-12)42(29(17-18-48)20-25(30)5)64-45-40(53)39(47(10)11)41(27(7)58-45)63-38-23-46(9,54)44(28(8)57-38)62-36(51)19-24(3)4/h15-16,18,24-33,38-45,53-54H,13-14,17,19-23H2,1-12H3. The van der Waals surface area contributed by atoms with Crippen LogP contribution in [0.5, 0.6) is 0 Å². The molecule has 18 nitrogen and oxygen atoms in total. The molecule has 4 rings (SSSR count). The number of aldehydes is 1. The van der Waals surface area contributed by atoms with Crippen LogP contribution in [-0.2, 0) is 71.3 Å². The predicted octanol–water partition coefficient (Wildman–Crippen LogP) is 3.58. The average molecular weight is 914 g/mol. The fraction of sp³-hybridized carbons (Fsp3) is 0.848. The monoisotopic (exact) mass is 914 g/mol. The zero-order valence-corrected chi connectivity index (χ0v) is 39.7. The normalized spacial score (nSPS) is 39.9. The molecule has 18 atom stereocenters. The molecule has 64 heavy (non-hydrogen) atoms. The highest BCUT2D eigenvalue weighted by Crippen LogP contribution is 2.38. The number of ether oxygens (including phenoxy) is 10. The highest BCUT2D eigenvalue weighted by Gasteiger charge is 2.53. The van der Waals surface area contributed by atoms with Crippen molar-refractivity contribution in [2.24, 2.45) is 17.8 Å². The molecule has 0 aromatic heterocycles. The molecule has 4 aliphatic heterocycles. The highest BCUT2D eigenvalue weighted by molar-refractivity contribution is 5.73. The van der Waals surface area contributed by atoms with Gasteiger partial charge in [-0.3, -0.25) is 19.2 Å². The molecular weight excluding hydrogens is 838 g/mol. The van der Waals surface area contributed by atoms with Gasteiger partial charge in [0, 0.05) is 45.6 Å². The average Bonchev–Trinajstić information content (AvgIpc) is 3.94. The lowest BCUT2D eigenvalue weighted by Gasteiger charge is -2.50. The van der Waals surface area contributed by atoms with Crippen molar-refractivity contribution < 1.29 is 81.6 Å². The summed E-state index contributed by atoms with van der Waals surface area (Å²) in [5.41, 5.74) is -1.52. The van der Waals surface area contributed by atoms with E-state index in [2.05, 4.69) is 0 Å². The lowest BCUT2D eigenvalue weighted by Crippen LogP contribution is -2.66. The lowest BCUT2D eigenvalue weighted by molar-refractivity contribution is -0.344. The van der Waals surface area contributed by atoms with E-state index in [1.807, 2.05) is 26.8 Å². The van der Waals surface area contributed by atoms with Crippen molar-refractivity contribution in [2.45, 2.75) is 211 Å². The van der Waals surface area contributed by atoms with Crippen LogP contribution in [0.15, 0.2) is 12.2 Å². The Labute approximate surface area is 378 Å². The Kier molecular flexibility index (Phi) is 20.2. The van der Waals surface area contributed by atoms with E-state index in [1.54, 1.807) is 66.6 Å². The summed E-state index contributed by atoms with van der Waals surface area (Å²) < 4.78 is 61.1. The first-order valence-corrected chi connectivity index (χ1v) is 22.9. The summed E-state index contributed by atoms with van der Waals surface area (Å²) >= 11 is 0. The smallest absolute Gasteiger partial charge is 0.309 e. The third-order valence-electron chi connectivity index (χ3n) is 12.4. The van der Waals surface area contributed by atoms with E-state index in [-0.39, 0.29) is 56.7 Å². The molecule has 18 heteroatoms. The maximum absolute atomic E-state index is 13.6. The number of esters is 4. The van der Waals surface area contributed by atoms with Crippen LogP contribution in [0.4, 0.5) is 0 Å². The van der Waals surface area contributed by atoms with Crippen molar-refractivity contribution in [3.63, 3.8) is 0 Å². The molecule has 0 saturated carbocycles. The van der Waals surface area contributed by atoms with Gasteiger partial charge >= 0.3 is 23.9 Å².